The van der Waals surface area contributed by atoms with Crippen LogP contribution in [0.3, 0.4) is 0 Å². The second-order valence-corrected chi connectivity index (χ2v) is 12.4. The fourth-order valence-electron chi connectivity index (χ4n) is 1.64. The zero-order valence-corrected chi connectivity index (χ0v) is 16.5. The molecule has 0 aliphatic rings. The third-order valence-electron chi connectivity index (χ3n) is 4.11. The van der Waals surface area contributed by atoms with E-state index in [1.807, 2.05) is 0 Å². The molecule has 0 aromatic heterocycles. The van der Waals surface area contributed by atoms with Gasteiger partial charge in [-0.2, -0.15) is 0 Å². The number of hydrogen-bond donors (Lipinski definition) is 0. The Morgan fingerprint density at radius 3 is 2.30 bits per heavy atom. The first-order chi connectivity index (χ1) is 9.28. The minimum Gasteiger partial charge on any atom is -0.413 e. The minimum atomic E-state index is -1.62. The maximum absolute atomic E-state index is 6.17. The molecule has 3 heteroatoms. The molecule has 1 aromatic carbocycles. The summed E-state index contributed by atoms with van der Waals surface area (Å²) in [5.74, 6) is 0.486. The van der Waals surface area contributed by atoms with Gasteiger partial charge in [0.25, 0.3) is 0 Å². The fraction of sp³-hybridized carbons (Fsp3) is 0.529. The largest absolute Gasteiger partial charge is 0.413 e. The highest BCUT2D eigenvalue weighted by molar-refractivity contribution is 14.1. The van der Waals surface area contributed by atoms with E-state index in [1.54, 1.807) is 0 Å². The Morgan fingerprint density at radius 1 is 1.20 bits per heavy atom. The molecule has 0 spiro atoms. The van der Waals surface area contributed by atoms with E-state index in [1.165, 1.54) is 5.56 Å². The Labute approximate surface area is 139 Å². The third-order valence-corrected chi connectivity index (χ3v) is 9.56. The van der Waals surface area contributed by atoms with Crippen LogP contribution in [0.25, 0.3) is 0 Å². The van der Waals surface area contributed by atoms with Crippen LogP contribution in [-0.4, -0.2) is 19.4 Å². The topological polar surface area (TPSA) is 9.23 Å². The molecule has 0 N–H and O–H groups in total. The first-order valence-corrected chi connectivity index (χ1v) is 11.6. The molecule has 0 saturated heterocycles. The summed E-state index contributed by atoms with van der Waals surface area (Å²) in [5.41, 5.74) is 1.38. The number of alkyl halides is 1. The number of allylic oxidation sites excluding steroid dienone is 1. The lowest BCUT2D eigenvalue weighted by Crippen LogP contribution is -2.40. The first-order valence-electron chi connectivity index (χ1n) is 7.19. The summed E-state index contributed by atoms with van der Waals surface area (Å²) in [7, 11) is -1.62. The van der Waals surface area contributed by atoms with Crippen molar-refractivity contribution in [2.45, 2.75) is 44.8 Å². The molecule has 0 saturated carbocycles. The third kappa shape index (κ3) is 5.33. The molecule has 0 fully saturated rings. The monoisotopic (exact) mass is 402 g/mol. The van der Waals surface area contributed by atoms with Crippen molar-refractivity contribution in [3.63, 3.8) is 0 Å². The van der Waals surface area contributed by atoms with Gasteiger partial charge >= 0.3 is 0 Å². The zero-order valence-electron chi connectivity index (χ0n) is 13.3. The molecule has 0 aliphatic carbocycles. The summed E-state index contributed by atoms with van der Waals surface area (Å²) in [6.07, 6.45) is 4.48. The van der Waals surface area contributed by atoms with E-state index in [-0.39, 0.29) is 5.04 Å². The molecule has 0 radical (unpaired) electrons. The van der Waals surface area contributed by atoms with Crippen LogP contribution in [-0.2, 0) is 4.43 Å². The number of benzene rings is 1. The second kappa shape index (κ2) is 7.76. The van der Waals surface area contributed by atoms with Crippen LogP contribution in [0.4, 0.5) is 0 Å². The second-order valence-electron chi connectivity index (χ2n) is 6.67. The zero-order chi connectivity index (χ0) is 15.2. The van der Waals surface area contributed by atoms with Crippen molar-refractivity contribution in [2.24, 2.45) is 0 Å². The highest BCUT2D eigenvalue weighted by Gasteiger charge is 2.36. The van der Waals surface area contributed by atoms with Gasteiger partial charge in [0.2, 0.25) is 0 Å². The lowest BCUT2D eigenvalue weighted by Gasteiger charge is -2.35. The van der Waals surface area contributed by atoms with Crippen LogP contribution in [0.15, 0.2) is 42.5 Å². The Hall–Kier alpha value is -0.133. The van der Waals surface area contributed by atoms with Gasteiger partial charge < -0.3 is 4.43 Å². The Morgan fingerprint density at radius 2 is 1.80 bits per heavy atom. The number of hydrogen-bond acceptors (Lipinski definition) is 1. The first kappa shape index (κ1) is 17.9. The molecule has 1 aromatic rings. The van der Waals surface area contributed by atoms with Crippen molar-refractivity contribution in [2.75, 3.05) is 11.0 Å². The van der Waals surface area contributed by atoms with E-state index in [2.05, 4.69) is 98.9 Å². The van der Waals surface area contributed by atoms with E-state index >= 15 is 0 Å². The van der Waals surface area contributed by atoms with E-state index in [9.17, 15) is 0 Å². The van der Waals surface area contributed by atoms with E-state index in [4.69, 9.17) is 4.43 Å². The summed E-state index contributed by atoms with van der Waals surface area (Å²) < 4.78 is 7.27. The predicted octanol–water partition coefficient (Wildman–Crippen LogP) is 5.78. The van der Waals surface area contributed by atoms with Gasteiger partial charge in [0.1, 0.15) is 0 Å². The SMILES string of the molecule is CC(C)(C)[Si](C)(C)OC/C=C/C(CI)c1ccccc1. The lowest BCUT2D eigenvalue weighted by atomic mass is 10.0. The number of rotatable bonds is 6. The Balaban J connectivity index is 2.56. The molecule has 20 heavy (non-hydrogen) atoms. The predicted molar refractivity (Wildman–Crippen MR) is 100 cm³/mol. The summed E-state index contributed by atoms with van der Waals surface area (Å²) in [6, 6.07) is 10.7. The Kier molecular flexibility index (Phi) is 6.95. The van der Waals surface area contributed by atoms with Crippen LogP contribution in [0.5, 0.6) is 0 Å². The maximum atomic E-state index is 6.17. The van der Waals surface area contributed by atoms with Crippen molar-refractivity contribution in [1.29, 1.82) is 0 Å². The van der Waals surface area contributed by atoms with Gasteiger partial charge in [0, 0.05) is 10.3 Å². The summed E-state index contributed by atoms with van der Waals surface area (Å²) in [5, 5.41) is 0.281. The minimum absolute atomic E-state index is 0.281. The summed E-state index contributed by atoms with van der Waals surface area (Å²) in [6.45, 7) is 12.2. The quantitative estimate of drug-likeness (QED) is 0.254. The van der Waals surface area contributed by atoms with Gasteiger partial charge in [0.15, 0.2) is 8.32 Å². The smallest absolute Gasteiger partial charge is 0.192 e. The van der Waals surface area contributed by atoms with Gasteiger partial charge in [-0.25, -0.2) is 0 Å². The average Bonchev–Trinajstić information content (AvgIpc) is 2.38. The van der Waals surface area contributed by atoms with E-state index in [0.29, 0.717) is 5.92 Å². The van der Waals surface area contributed by atoms with E-state index < -0.39 is 8.32 Å². The highest BCUT2D eigenvalue weighted by Crippen LogP contribution is 2.36. The van der Waals surface area contributed by atoms with Crippen molar-refractivity contribution in [1.82, 2.24) is 0 Å². The number of halogens is 1. The molecule has 0 bridgehead atoms. The van der Waals surface area contributed by atoms with Crippen molar-refractivity contribution in [3.05, 3.63) is 48.0 Å². The Bertz CT molecular complexity index is 420. The van der Waals surface area contributed by atoms with Crippen molar-refractivity contribution >= 4 is 30.9 Å². The fourth-order valence-corrected chi connectivity index (χ4v) is 3.39. The summed E-state index contributed by atoms with van der Waals surface area (Å²) >= 11 is 2.45. The molecule has 0 aliphatic heterocycles. The van der Waals surface area contributed by atoms with Gasteiger partial charge in [0.05, 0.1) is 6.61 Å². The van der Waals surface area contributed by atoms with E-state index in [0.717, 1.165) is 11.0 Å². The van der Waals surface area contributed by atoms with Crippen molar-refractivity contribution < 1.29 is 4.43 Å². The normalized spacial score (nSPS) is 14.7. The molecule has 1 rings (SSSR count). The molecular weight excluding hydrogens is 375 g/mol. The van der Waals surface area contributed by atoms with Gasteiger partial charge in [-0.05, 0) is 23.7 Å². The average molecular weight is 402 g/mol. The molecule has 1 nitrogen and oxygen atoms in total. The highest BCUT2D eigenvalue weighted by atomic mass is 127. The molecule has 1 unspecified atom stereocenters. The standard InChI is InChI=1S/C17H27IOSi/c1-17(2,3)20(4,5)19-13-9-12-16(14-18)15-10-7-6-8-11-15/h6-12,16H,13-14H2,1-5H3/b12-9+. The lowest BCUT2D eigenvalue weighted by molar-refractivity contribution is 0.327. The van der Waals surface area contributed by atoms with Crippen LogP contribution < -0.4 is 0 Å². The molecular formula is C17H27IOSi. The molecule has 1 atom stereocenters. The molecule has 0 amide bonds. The van der Waals surface area contributed by atoms with Crippen LogP contribution in [0.2, 0.25) is 18.1 Å². The van der Waals surface area contributed by atoms with Crippen LogP contribution in [0.1, 0.15) is 32.3 Å². The van der Waals surface area contributed by atoms with Gasteiger partial charge in [-0.1, -0.05) is 85.8 Å². The molecule has 0 heterocycles. The van der Waals surface area contributed by atoms with Crippen LogP contribution in [0, 0.1) is 0 Å². The molecule has 112 valence electrons. The van der Waals surface area contributed by atoms with Gasteiger partial charge in [-0.15, -0.1) is 0 Å². The van der Waals surface area contributed by atoms with Gasteiger partial charge in [-0.3, -0.25) is 0 Å². The van der Waals surface area contributed by atoms with Crippen molar-refractivity contribution in [3.8, 4) is 0 Å². The summed E-state index contributed by atoms with van der Waals surface area (Å²) in [4.78, 5) is 0. The maximum Gasteiger partial charge on any atom is 0.192 e. The van der Waals surface area contributed by atoms with Crippen LogP contribution >= 0.6 is 22.6 Å².